The van der Waals surface area contributed by atoms with Crippen LogP contribution in [-0.4, -0.2) is 65.9 Å². The second-order valence-electron chi connectivity index (χ2n) is 6.86. The van der Waals surface area contributed by atoms with Crippen LogP contribution in [0.15, 0.2) is 40.2 Å². The van der Waals surface area contributed by atoms with Crippen LogP contribution in [0.3, 0.4) is 0 Å². The molecule has 0 unspecified atom stereocenters. The molecule has 1 aliphatic heterocycles. The SMILES string of the molecule is CC(C)(C)OC(=O)N1CCN(C(N)=NCCSc2ccccc2)CC1. The molecule has 138 valence electrons. The maximum absolute atomic E-state index is 12.1. The Labute approximate surface area is 154 Å². The molecule has 1 aliphatic rings. The van der Waals surface area contributed by atoms with Crippen molar-refractivity contribution >= 4 is 23.8 Å². The van der Waals surface area contributed by atoms with Crippen molar-refractivity contribution < 1.29 is 9.53 Å². The summed E-state index contributed by atoms with van der Waals surface area (Å²) in [7, 11) is 0. The van der Waals surface area contributed by atoms with Gasteiger partial charge in [-0.25, -0.2) is 4.79 Å². The number of hydrogen-bond donors (Lipinski definition) is 1. The molecule has 6 nitrogen and oxygen atoms in total. The number of aliphatic imine (C=N–C) groups is 1. The molecule has 7 heteroatoms. The van der Waals surface area contributed by atoms with E-state index in [1.165, 1.54) is 4.90 Å². The molecule has 1 aromatic carbocycles. The Kier molecular flexibility index (Phi) is 6.99. The highest BCUT2D eigenvalue weighted by atomic mass is 32.2. The first-order chi connectivity index (χ1) is 11.8. The van der Waals surface area contributed by atoms with Gasteiger partial charge in [0.2, 0.25) is 0 Å². The Balaban J connectivity index is 1.71. The van der Waals surface area contributed by atoms with Crippen LogP contribution < -0.4 is 5.73 Å². The Morgan fingerprint density at radius 2 is 1.76 bits per heavy atom. The third-order valence-corrected chi connectivity index (χ3v) is 4.62. The average Bonchev–Trinajstić information content (AvgIpc) is 2.58. The van der Waals surface area contributed by atoms with Crippen molar-refractivity contribution in [3.05, 3.63) is 30.3 Å². The summed E-state index contributed by atoms with van der Waals surface area (Å²) in [4.78, 5) is 21.5. The van der Waals surface area contributed by atoms with Crippen LogP contribution in [-0.2, 0) is 4.74 Å². The van der Waals surface area contributed by atoms with E-state index < -0.39 is 5.60 Å². The maximum Gasteiger partial charge on any atom is 0.410 e. The van der Waals surface area contributed by atoms with Gasteiger partial charge in [-0.05, 0) is 32.9 Å². The quantitative estimate of drug-likeness (QED) is 0.385. The number of nitrogens with two attached hydrogens (primary N) is 1. The van der Waals surface area contributed by atoms with Crippen molar-refractivity contribution in [3.8, 4) is 0 Å². The molecule has 0 spiro atoms. The van der Waals surface area contributed by atoms with Crippen molar-refractivity contribution in [2.45, 2.75) is 31.3 Å². The molecule has 0 aliphatic carbocycles. The molecule has 0 atom stereocenters. The molecule has 0 bridgehead atoms. The Hall–Kier alpha value is -1.89. The van der Waals surface area contributed by atoms with Crippen LogP contribution in [0.25, 0.3) is 0 Å². The van der Waals surface area contributed by atoms with Crippen LogP contribution in [0, 0.1) is 0 Å². The molecular weight excluding hydrogens is 336 g/mol. The monoisotopic (exact) mass is 364 g/mol. The van der Waals surface area contributed by atoms with Crippen LogP contribution in [0.1, 0.15) is 20.8 Å². The number of thioether (sulfide) groups is 1. The molecule has 1 saturated heterocycles. The number of carbonyl (C=O) groups is 1. The van der Waals surface area contributed by atoms with Gasteiger partial charge in [0.05, 0.1) is 6.54 Å². The molecule has 0 radical (unpaired) electrons. The zero-order valence-corrected chi connectivity index (χ0v) is 16.1. The Bertz CT molecular complexity index is 578. The van der Waals surface area contributed by atoms with Gasteiger partial charge in [-0.1, -0.05) is 18.2 Å². The minimum Gasteiger partial charge on any atom is -0.444 e. The van der Waals surface area contributed by atoms with E-state index in [-0.39, 0.29) is 6.09 Å². The molecular formula is C18H28N4O2S. The number of ether oxygens (including phenoxy) is 1. The first-order valence-electron chi connectivity index (χ1n) is 8.56. The molecule has 2 N–H and O–H groups in total. The van der Waals surface area contributed by atoms with E-state index in [0.29, 0.717) is 38.7 Å². The first-order valence-corrected chi connectivity index (χ1v) is 9.54. The summed E-state index contributed by atoms with van der Waals surface area (Å²) in [6.45, 7) is 8.87. The fraction of sp³-hybridized carbons (Fsp3) is 0.556. The van der Waals surface area contributed by atoms with E-state index in [1.54, 1.807) is 16.7 Å². The summed E-state index contributed by atoms with van der Waals surface area (Å²) in [5.41, 5.74) is 5.62. The van der Waals surface area contributed by atoms with Gasteiger partial charge in [-0.2, -0.15) is 0 Å². The average molecular weight is 365 g/mol. The van der Waals surface area contributed by atoms with E-state index >= 15 is 0 Å². The number of benzene rings is 1. The van der Waals surface area contributed by atoms with E-state index in [9.17, 15) is 4.79 Å². The van der Waals surface area contributed by atoms with Gasteiger partial charge in [-0.3, -0.25) is 4.99 Å². The fourth-order valence-corrected chi connectivity index (χ4v) is 3.15. The van der Waals surface area contributed by atoms with E-state index in [2.05, 4.69) is 17.1 Å². The zero-order valence-electron chi connectivity index (χ0n) is 15.3. The zero-order chi connectivity index (χ0) is 18.3. The highest BCUT2D eigenvalue weighted by Gasteiger charge is 2.26. The predicted molar refractivity (Wildman–Crippen MR) is 103 cm³/mol. The molecule has 2 rings (SSSR count). The van der Waals surface area contributed by atoms with Crippen molar-refractivity contribution in [3.63, 3.8) is 0 Å². The molecule has 1 heterocycles. The van der Waals surface area contributed by atoms with Gasteiger partial charge < -0.3 is 20.3 Å². The number of piperazine rings is 1. The lowest BCUT2D eigenvalue weighted by Gasteiger charge is -2.36. The van der Waals surface area contributed by atoms with Gasteiger partial charge >= 0.3 is 6.09 Å². The number of guanidine groups is 1. The summed E-state index contributed by atoms with van der Waals surface area (Å²) in [5, 5.41) is 0. The number of amides is 1. The molecule has 0 aromatic heterocycles. The maximum atomic E-state index is 12.1. The topological polar surface area (TPSA) is 71.2 Å². The standard InChI is InChI=1S/C18H28N4O2S/c1-18(2,3)24-17(23)22-12-10-21(11-13-22)16(19)20-9-14-25-15-7-5-4-6-8-15/h4-8H,9-14H2,1-3H3,(H2,19,20). The van der Waals surface area contributed by atoms with Gasteiger partial charge in [0.25, 0.3) is 0 Å². The molecule has 0 saturated carbocycles. The van der Waals surface area contributed by atoms with Crippen LogP contribution in [0.4, 0.5) is 4.79 Å². The second-order valence-corrected chi connectivity index (χ2v) is 8.02. The lowest BCUT2D eigenvalue weighted by atomic mass is 10.2. The fourth-order valence-electron chi connectivity index (χ4n) is 2.39. The third kappa shape index (κ3) is 6.86. The molecule has 25 heavy (non-hydrogen) atoms. The lowest BCUT2D eigenvalue weighted by molar-refractivity contribution is 0.0186. The van der Waals surface area contributed by atoms with Crippen molar-refractivity contribution in [2.24, 2.45) is 10.7 Å². The van der Waals surface area contributed by atoms with Crippen molar-refractivity contribution in [1.29, 1.82) is 0 Å². The number of rotatable bonds is 4. The molecule has 1 fully saturated rings. The first kappa shape index (κ1) is 19.4. The predicted octanol–water partition coefficient (Wildman–Crippen LogP) is 2.65. The van der Waals surface area contributed by atoms with E-state index in [0.717, 1.165) is 5.75 Å². The highest BCUT2D eigenvalue weighted by Crippen LogP contribution is 2.16. The Morgan fingerprint density at radius 3 is 2.36 bits per heavy atom. The summed E-state index contributed by atoms with van der Waals surface area (Å²) in [6, 6.07) is 10.3. The third-order valence-electron chi connectivity index (χ3n) is 3.63. The molecule has 1 aromatic rings. The van der Waals surface area contributed by atoms with Crippen molar-refractivity contribution in [1.82, 2.24) is 9.80 Å². The summed E-state index contributed by atoms with van der Waals surface area (Å²) < 4.78 is 5.40. The van der Waals surface area contributed by atoms with Crippen LogP contribution in [0.2, 0.25) is 0 Å². The van der Waals surface area contributed by atoms with Crippen molar-refractivity contribution in [2.75, 3.05) is 38.5 Å². The number of nitrogens with zero attached hydrogens (tertiary/aromatic N) is 3. The van der Waals surface area contributed by atoms with Gasteiger partial charge in [0.1, 0.15) is 5.60 Å². The normalized spacial score (nSPS) is 16.0. The smallest absolute Gasteiger partial charge is 0.410 e. The summed E-state index contributed by atoms with van der Waals surface area (Å²) in [5.74, 6) is 1.44. The van der Waals surface area contributed by atoms with Gasteiger partial charge in [-0.15, -0.1) is 11.8 Å². The number of carbonyl (C=O) groups excluding carboxylic acids is 1. The van der Waals surface area contributed by atoms with Crippen LogP contribution >= 0.6 is 11.8 Å². The lowest BCUT2D eigenvalue weighted by Crippen LogP contribution is -2.53. The largest absolute Gasteiger partial charge is 0.444 e. The van der Waals surface area contributed by atoms with Gasteiger partial charge in [0.15, 0.2) is 5.96 Å². The minimum absolute atomic E-state index is 0.262. The summed E-state index contributed by atoms with van der Waals surface area (Å²) in [6.07, 6.45) is -0.262. The van der Waals surface area contributed by atoms with Crippen LogP contribution in [0.5, 0.6) is 0 Å². The highest BCUT2D eigenvalue weighted by molar-refractivity contribution is 7.99. The number of hydrogen-bond acceptors (Lipinski definition) is 4. The molecule has 1 amide bonds. The van der Waals surface area contributed by atoms with E-state index in [1.807, 2.05) is 43.9 Å². The Morgan fingerprint density at radius 1 is 1.16 bits per heavy atom. The second kappa shape index (κ2) is 8.99. The summed E-state index contributed by atoms with van der Waals surface area (Å²) >= 11 is 1.77. The van der Waals surface area contributed by atoms with E-state index in [4.69, 9.17) is 10.5 Å². The van der Waals surface area contributed by atoms with Gasteiger partial charge in [0, 0.05) is 36.8 Å². The minimum atomic E-state index is -0.467.